The fraction of sp³-hybridized carbons (Fsp3) is 0.636. The largest absolute Gasteiger partial charge is 0.346 e. The van der Waals surface area contributed by atoms with E-state index >= 15 is 0 Å². The highest BCUT2D eigenvalue weighted by Crippen LogP contribution is 2.18. The Balaban J connectivity index is 2.48. The second kappa shape index (κ2) is 7.68. The highest BCUT2D eigenvalue weighted by Gasteiger charge is 2.19. The van der Waals surface area contributed by atoms with Crippen LogP contribution in [0.1, 0.15) is 30.8 Å². The predicted molar refractivity (Wildman–Crippen MR) is 74.3 cm³/mol. The first-order valence-corrected chi connectivity index (χ1v) is 7.90. The third kappa shape index (κ3) is 4.65. The van der Waals surface area contributed by atoms with Gasteiger partial charge >= 0.3 is 0 Å². The second-order valence-corrected chi connectivity index (χ2v) is 5.64. The van der Waals surface area contributed by atoms with Crippen LogP contribution in [0.3, 0.4) is 0 Å². The monoisotopic (exact) mass is 273 g/mol. The summed E-state index contributed by atoms with van der Waals surface area (Å²) in [4.78, 5) is 16.1. The van der Waals surface area contributed by atoms with E-state index in [4.69, 9.17) is 5.73 Å². The maximum Gasteiger partial charge on any atom is 0.237 e. The van der Waals surface area contributed by atoms with Gasteiger partial charge in [0.25, 0.3) is 0 Å². The van der Waals surface area contributed by atoms with Crippen molar-refractivity contribution in [3.63, 3.8) is 0 Å². The molecule has 0 saturated heterocycles. The normalized spacial score (nSPS) is 14.3. The standard InChI is InChI=1S/C11H19N3OS2/c1-3-9(11-13-5-7-17-11)14-10(15)8(12)4-6-16-2/h5,7-9H,3-4,6,12H2,1-2H3,(H,14,15)/t8-,9?/m1/s1. The van der Waals surface area contributed by atoms with Gasteiger partial charge in [0.1, 0.15) is 5.01 Å². The molecule has 0 aliphatic carbocycles. The first-order valence-electron chi connectivity index (χ1n) is 5.63. The van der Waals surface area contributed by atoms with Crippen LogP contribution >= 0.6 is 23.1 Å². The molecule has 0 aliphatic heterocycles. The molecule has 0 aliphatic rings. The Morgan fingerprint density at radius 1 is 1.71 bits per heavy atom. The number of carbonyl (C=O) groups excluding carboxylic acids is 1. The topological polar surface area (TPSA) is 68.0 Å². The van der Waals surface area contributed by atoms with E-state index in [0.29, 0.717) is 6.42 Å². The Morgan fingerprint density at radius 2 is 2.47 bits per heavy atom. The molecule has 6 heteroatoms. The Morgan fingerprint density at radius 3 is 3.00 bits per heavy atom. The molecule has 1 unspecified atom stereocenters. The zero-order valence-electron chi connectivity index (χ0n) is 10.2. The van der Waals surface area contributed by atoms with Gasteiger partial charge in [0.2, 0.25) is 5.91 Å². The smallest absolute Gasteiger partial charge is 0.237 e. The molecule has 1 aromatic heterocycles. The van der Waals surface area contributed by atoms with E-state index in [0.717, 1.165) is 17.2 Å². The fourth-order valence-electron chi connectivity index (χ4n) is 1.40. The number of aromatic nitrogens is 1. The minimum atomic E-state index is -0.420. The van der Waals surface area contributed by atoms with Gasteiger partial charge in [-0.15, -0.1) is 11.3 Å². The maximum absolute atomic E-state index is 11.8. The molecule has 1 amide bonds. The van der Waals surface area contributed by atoms with Crippen LogP contribution < -0.4 is 11.1 Å². The Bertz CT molecular complexity index is 329. The quantitative estimate of drug-likeness (QED) is 0.795. The maximum atomic E-state index is 11.8. The molecule has 4 nitrogen and oxygen atoms in total. The first-order chi connectivity index (χ1) is 8.19. The molecule has 96 valence electrons. The predicted octanol–water partition coefficient (Wildman–Crippen LogP) is 1.79. The number of thioether (sulfide) groups is 1. The number of nitrogens with two attached hydrogens (primary N) is 1. The molecule has 0 spiro atoms. The Hall–Kier alpha value is -0.590. The lowest BCUT2D eigenvalue weighted by Gasteiger charge is -2.17. The lowest BCUT2D eigenvalue weighted by Crippen LogP contribution is -2.42. The Kier molecular flexibility index (Phi) is 6.54. The average Bonchev–Trinajstić information content (AvgIpc) is 2.86. The van der Waals surface area contributed by atoms with Crippen molar-refractivity contribution in [2.24, 2.45) is 5.73 Å². The van der Waals surface area contributed by atoms with E-state index in [1.165, 1.54) is 0 Å². The third-order valence-electron chi connectivity index (χ3n) is 2.44. The van der Waals surface area contributed by atoms with Gasteiger partial charge in [-0.25, -0.2) is 4.98 Å². The zero-order chi connectivity index (χ0) is 12.7. The zero-order valence-corrected chi connectivity index (χ0v) is 11.8. The number of nitrogens with one attached hydrogen (secondary N) is 1. The lowest BCUT2D eigenvalue weighted by atomic mass is 10.2. The van der Waals surface area contributed by atoms with Gasteiger partial charge in [-0.2, -0.15) is 11.8 Å². The third-order valence-corrected chi connectivity index (χ3v) is 3.98. The molecule has 0 radical (unpaired) electrons. The summed E-state index contributed by atoms with van der Waals surface area (Å²) in [7, 11) is 0. The first kappa shape index (κ1) is 14.5. The van der Waals surface area contributed by atoms with Crippen molar-refractivity contribution in [1.82, 2.24) is 10.3 Å². The van der Waals surface area contributed by atoms with Gasteiger partial charge in [-0.3, -0.25) is 4.79 Å². The summed E-state index contributed by atoms with van der Waals surface area (Å²) in [6, 6.07) is -0.431. The molecule has 1 heterocycles. The van der Waals surface area contributed by atoms with Gasteiger partial charge in [-0.05, 0) is 24.9 Å². The van der Waals surface area contributed by atoms with Crippen molar-refractivity contribution < 1.29 is 4.79 Å². The number of carbonyl (C=O) groups is 1. The van der Waals surface area contributed by atoms with E-state index in [1.54, 1.807) is 29.3 Å². The van der Waals surface area contributed by atoms with Crippen molar-refractivity contribution in [2.75, 3.05) is 12.0 Å². The van der Waals surface area contributed by atoms with Crippen molar-refractivity contribution in [2.45, 2.75) is 31.8 Å². The van der Waals surface area contributed by atoms with Crippen LogP contribution in [0, 0.1) is 0 Å². The molecule has 1 rings (SSSR count). The van der Waals surface area contributed by atoms with Crippen LogP contribution in [0.4, 0.5) is 0 Å². The van der Waals surface area contributed by atoms with Crippen LogP contribution in [0.25, 0.3) is 0 Å². The van der Waals surface area contributed by atoms with E-state index in [1.807, 2.05) is 18.6 Å². The summed E-state index contributed by atoms with van der Waals surface area (Å²) in [6.07, 6.45) is 5.30. The van der Waals surface area contributed by atoms with Crippen LogP contribution in [0.15, 0.2) is 11.6 Å². The molecule has 17 heavy (non-hydrogen) atoms. The summed E-state index contributed by atoms with van der Waals surface area (Å²) >= 11 is 3.26. The van der Waals surface area contributed by atoms with Gasteiger partial charge in [0.05, 0.1) is 12.1 Å². The molecule has 0 aromatic carbocycles. The highest BCUT2D eigenvalue weighted by molar-refractivity contribution is 7.98. The van der Waals surface area contributed by atoms with Crippen LogP contribution in [0.5, 0.6) is 0 Å². The summed E-state index contributed by atoms with van der Waals surface area (Å²) < 4.78 is 0. The van der Waals surface area contributed by atoms with Gasteiger partial charge in [0, 0.05) is 11.6 Å². The number of hydrogen-bond acceptors (Lipinski definition) is 5. The summed E-state index contributed by atoms with van der Waals surface area (Å²) in [5, 5.41) is 5.81. The molecular formula is C11H19N3OS2. The molecule has 0 fully saturated rings. The molecule has 2 atom stereocenters. The number of nitrogens with zero attached hydrogens (tertiary/aromatic N) is 1. The molecule has 0 bridgehead atoms. The van der Waals surface area contributed by atoms with E-state index in [9.17, 15) is 4.79 Å². The van der Waals surface area contributed by atoms with Crippen LogP contribution in [-0.2, 0) is 4.79 Å². The molecule has 0 saturated carbocycles. The van der Waals surface area contributed by atoms with Crippen molar-refractivity contribution in [3.8, 4) is 0 Å². The van der Waals surface area contributed by atoms with Crippen LogP contribution in [-0.4, -0.2) is 28.9 Å². The summed E-state index contributed by atoms with van der Waals surface area (Å²) in [6.45, 7) is 2.03. The average molecular weight is 273 g/mol. The van der Waals surface area contributed by atoms with E-state index in [2.05, 4.69) is 10.3 Å². The Labute approximate surface area is 110 Å². The fourth-order valence-corrected chi connectivity index (χ4v) is 2.66. The van der Waals surface area contributed by atoms with Gasteiger partial charge in [-0.1, -0.05) is 6.92 Å². The number of hydrogen-bond donors (Lipinski definition) is 2. The van der Waals surface area contributed by atoms with Crippen molar-refractivity contribution >= 4 is 29.0 Å². The summed E-state index contributed by atoms with van der Waals surface area (Å²) in [5.74, 6) is 0.823. The van der Waals surface area contributed by atoms with E-state index in [-0.39, 0.29) is 11.9 Å². The van der Waals surface area contributed by atoms with E-state index < -0.39 is 6.04 Å². The lowest BCUT2D eigenvalue weighted by molar-refractivity contribution is -0.123. The second-order valence-electron chi connectivity index (χ2n) is 3.73. The summed E-state index contributed by atoms with van der Waals surface area (Å²) in [5.41, 5.74) is 5.82. The number of rotatable bonds is 7. The molecule has 1 aromatic rings. The minimum Gasteiger partial charge on any atom is -0.346 e. The SMILES string of the molecule is CCC(NC(=O)[C@H](N)CCSC)c1nccs1. The van der Waals surface area contributed by atoms with Crippen LogP contribution in [0.2, 0.25) is 0 Å². The molecular weight excluding hydrogens is 254 g/mol. The van der Waals surface area contributed by atoms with Crippen molar-refractivity contribution in [3.05, 3.63) is 16.6 Å². The van der Waals surface area contributed by atoms with Crippen molar-refractivity contribution in [1.29, 1.82) is 0 Å². The van der Waals surface area contributed by atoms with Gasteiger partial charge < -0.3 is 11.1 Å². The van der Waals surface area contributed by atoms with Gasteiger partial charge in [0.15, 0.2) is 0 Å². The minimum absolute atomic E-state index is 0.0113. The molecule has 3 N–H and O–H groups in total. The highest BCUT2D eigenvalue weighted by atomic mass is 32.2. The number of amides is 1. The number of thiazole rings is 1.